The van der Waals surface area contributed by atoms with Crippen LogP contribution in [0.2, 0.25) is 0 Å². The molecule has 1 aromatic heterocycles. The van der Waals surface area contributed by atoms with Gasteiger partial charge in [0.05, 0.1) is 5.69 Å². The average Bonchev–Trinajstić information content (AvgIpc) is 2.51. The summed E-state index contributed by atoms with van der Waals surface area (Å²) in [7, 11) is 0. The fourth-order valence-corrected chi connectivity index (χ4v) is 3.06. The molecule has 0 unspecified atom stereocenters. The molecule has 2 aromatic carbocycles. The molecule has 0 aliphatic heterocycles. The topological polar surface area (TPSA) is 22.0 Å². The van der Waals surface area contributed by atoms with E-state index >= 15 is 0 Å². The molecule has 0 saturated heterocycles. The van der Waals surface area contributed by atoms with E-state index in [1.54, 1.807) is 0 Å². The first-order chi connectivity index (χ1) is 10.1. The molecule has 0 radical (unpaired) electrons. The molecule has 0 aliphatic rings. The molecule has 3 aromatic rings. The van der Waals surface area contributed by atoms with Crippen molar-refractivity contribution in [2.75, 3.05) is 0 Å². The summed E-state index contributed by atoms with van der Waals surface area (Å²) in [5, 5.41) is 1.85. The van der Waals surface area contributed by atoms with E-state index < -0.39 is 0 Å². The zero-order valence-corrected chi connectivity index (χ0v) is 12.7. The second-order valence-corrected chi connectivity index (χ2v) is 5.40. The van der Waals surface area contributed by atoms with Crippen LogP contribution in [0, 0.1) is 13.8 Å². The number of pyridine rings is 1. The number of hydrogen-bond donors (Lipinski definition) is 0. The van der Waals surface area contributed by atoms with Crippen molar-refractivity contribution in [3.05, 3.63) is 75.7 Å². The van der Waals surface area contributed by atoms with Crippen molar-refractivity contribution >= 4 is 10.8 Å². The minimum atomic E-state index is 0.0716. The van der Waals surface area contributed by atoms with E-state index in [1.165, 1.54) is 5.56 Å². The predicted molar refractivity (Wildman–Crippen MR) is 88.4 cm³/mol. The van der Waals surface area contributed by atoms with Crippen molar-refractivity contribution in [3.63, 3.8) is 0 Å². The maximum Gasteiger partial charge on any atom is 0.263 e. The molecule has 3 rings (SSSR count). The monoisotopic (exact) mass is 277 g/mol. The summed E-state index contributed by atoms with van der Waals surface area (Å²) >= 11 is 0. The van der Waals surface area contributed by atoms with Gasteiger partial charge >= 0.3 is 0 Å². The van der Waals surface area contributed by atoms with Crippen LogP contribution in [0.25, 0.3) is 16.5 Å². The van der Waals surface area contributed by atoms with Crippen LogP contribution in [0.5, 0.6) is 0 Å². The van der Waals surface area contributed by atoms with Crippen LogP contribution >= 0.6 is 0 Å². The lowest BCUT2D eigenvalue weighted by atomic mass is 10.0. The number of nitrogens with zero attached hydrogens (tertiary/aromatic N) is 1. The zero-order chi connectivity index (χ0) is 15.0. The maximum absolute atomic E-state index is 13.0. The molecule has 0 saturated carbocycles. The van der Waals surface area contributed by atoms with Gasteiger partial charge in [-0.3, -0.25) is 9.36 Å². The third kappa shape index (κ3) is 2.07. The second kappa shape index (κ2) is 5.21. The first-order valence-electron chi connectivity index (χ1n) is 7.34. The van der Waals surface area contributed by atoms with Gasteiger partial charge in [-0.05, 0) is 48.9 Å². The van der Waals surface area contributed by atoms with Crippen LogP contribution in [0.15, 0.2) is 53.3 Å². The molecule has 0 spiro atoms. The van der Waals surface area contributed by atoms with Crippen molar-refractivity contribution in [1.82, 2.24) is 4.57 Å². The largest absolute Gasteiger partial charge is 0.280 e. The highest BCUT2D eigenvalue weighted by atomic mass is 16.1. The van der Waals surface area contributed by atoms with E-state index in [1.807, 2.05) is 60.0 Å². The molecule has 21 heavy (non-hydrogen) atoms. The lowest BCUT2D eigenvalue weighted by Gasteiger charge is -2.18. The van der Waals surface area contributed by atoms with Gasteiger partial charge in [0.15, 0.2) is 0 Å². The summed E-state index contributed by atoms with van der Waals surface area (Å²) in [4.78, 5) is 13.0. The quantitative estimate of drug-likeness (QED) is 0.689. The molecule has 0 aliphatic carbocycles. The predicted octanol–water partition coefficient (Wildman–Crippen LogP) is 4.17. The zero-order valence-electron chi connectivity index (χ0n) is 12.7. The second-order valence-electron chi connectivity index (χ2n) is 5.40. The molecule has 0 amide bonds. The first-order valence-corrected chi connectivity index (χ1v) is 7.34. The van der Waals surface area contributed by atoms with Gasteiger partial charge in [-0.2, -0.15) is 0 Å². The number of rotatable bonds is 2. The third-order valence-corrected chi connectivity index (χ3v) is 4.16. The maximum atomic E-state index is 13.0. The van der Waals surface area contributed by atoms with E-state index in [2.05, 4.69) is 13.8 Å². The molecular formula is C19H19NO. The molecule has 2 heteroatoms. The number of hydrogen-bond acceptors (Lipinski definition) is 1. The standard InChI is InChI=1S/C19H19NO/c1-4-17-14(3)15-10-6-7-11-16(15)19(21)20(17)18-12-8-5-9-13(18)2/h5-12H,4H2,1-3H3. The number of para-hydroxylation sites is 1. The summed E-state index contributed by atoms with van der Waals surface area (Å²) in [5.41, 5.74) is 4.45. The van der Waals surface area contributed by atoms with Crippen molar-refractivity contribution < 1.29 is 0 Å². The highest BCUT2D eigenvalue weighted by molar-refractivity contribution is 5.85. The van der Waals surface area contributed by atoms with E-state index in [0.29, 0.717) is 0 Å². The molecule has 0 fully saturated rings. The van der Waals surface area contributed by atoms with E-state index in [4.69, 9.17) is 0 Å². The lowest BCUT2D eigenvalue weighted by Crippen LogP contribution is -2.24. The van der Waals surface area contributed by atoms with Crippen LogP contribution in [0.3, 0.4) is 0 Å². The number of aryl methyl sites for hydroxylation is 2. The Kier molecular flexibility index (Phi) is 3.38. The Hall–Kier alpha value is -2.35. The normalized spacial score (nSPS) is 11.0. The van der Waals surface area contributed by atoms with Gasteiger partial charge in [-0.1, -0.05) is 43.3 Å². The number of fused-ring (bicyclic) bond motifs is 1. The van der Waals surface area contributed by atoms with E-state index in [-0.39, 0.29) is 5.56 Å². The van der Waals surface area contributed by atoms with Gasteiger partial charge in [0.2, 0.25) is 0 Å². The van der Waals surface area contributed by atoms with E-state index in [0.717, 1.165) is 34.1 Å². The highest BCUT2D eigenvalue weighted by Gasteiger charge is 2.14. The summed E-state index contributed by atoms with van der Waals surface area (Å²) < 4.78 is 1.88. The molecule has 2 nitrogen and oxygen atoms in total. The van der Waals surface area contributed by atoms with Gasteiger partial charge in [-0.25, -0.2) is 0 Å². The van der Waals surface area contributed by atoms with Crippen molar-refractivity contribution in [1.29, 1.82) is 0 Å². The lowest BCUT2D eigenvalue weighted by molar-refractivity contribution is 0.869. The van der Waals surface area contributed by atoms with Crippen LogP contribution in [0.1, 0.15) is 23.7 Å². The summed E-state index contributed by atoms with van der Waals surface area (Å²) in [6.07, 6.45) is 0.834. The molecule has 106 valence electrons. The van der Waals surface area contributed by atoms with Crippen molar-refractivity contribution in [2.45, 2.75) is 27.2 Å². The Morgan fingerprint density at radius 1 is 0.905 bits per heavy atom. The van der Waals surface area contributed by atoms with Crippen LogP contribution in [-0.4, -0.2) is 4.57 Å². The molecule has 1 heterocycles. The van der Waals surface area contributed by atoms with Crippen molar-refractivity contribution in [3.8, 4) is 5.69 Å². The van der Waals surface area contributed by atoms with Gasteiger partial charge in [0, 0.05) is 11.1 Å². The van der Waals surface area contributed by atoms with Gasteiger partial charge in [0.25, 0.3) is 5.56 Å². The summed E-state index contributed by atoms with van der Waals surface area (Å²) in [6, 6.07) is 15.9. The Morgan fingerprint density at radius 2 is 1.52 bits per heavy atom. The van der Waals surface area contributed by atoms with Crippen molar-refractivity contribution in [2.24, 2.45) is 0 Å². The molecular weight excluding hydrogens is 258 g/mol. The molecule has 0 atom stereocenters. The SMILES string of the molecule is CCc1c(C)c2ccccc2c(=O)n1-c1ccccc1C. The summed E-state index contributed by atoms with van der Waals surface area (Å²) in [5.74, 6) is 0. The van der Waals surface area contributed by atoms with Gasteiger partial charge < -0.3 is 0 Å². The van der Waals surface area contributed by atoms with Gasteiger partial charge in [0.1, 0.15) is 0 Å². The summed E-state index contributed by atoms with van der Waals surface area (Å²) in [6.45, 7) is 6.26. The Morgan fingerprint density at radius 3 is 2.19 bits per heavy atom. The number of aromatic nitrogens is 1. The Labute approximate surface area is 124 Å². The molecule has 0 N–H and O–H groups in total. The minimum Gasteiger partial charge on any atom is -0.280 e. The first kappa shape index (κ1) is 13.6. The Bertz CT molecular complexity index is 874. The molecule has 0 bridgehead atoms. The van der Waals surface area contributed by atoms with Crippen LogP contribution in [-0.2, 0) is 6.42 Å². The average molecular weight is 277 g/mol. The third-order valence-electron chi connectivity index (χ3n) is 4.16. The highest BCUT2D eigenvalue weighted by Crippen LogP contribution is 2.23. The minimum absolute atomic E-state index is 0.0716. The van der Waals surface area contributed by atoms with Gasteiger partial charge in [-0.15, -0.1) is 0 Å². The fourth-order valence-electron chi connectivity index (χ4n) is 3.06. The number of benzene rings is 2. The van der Waals surface area contributed by atoms with Crippen LogP contribution < -0.4 is 5.56 Å². The Balaban J connectivity index is 2.51. The smallest absolute Gasteiger partial charge is 0.263 e. The van der Waals surface area contributed by atoms with E-state index in [9.17, 15) is 4.79 Å². The van der Waals surface area contributed by atoms with Crippen LogP contribution in [0.4, 0.5) is 0 Å². The fraction of sp³-hybridized carbons (Fsp3) is 0.211.